The molecular weight excluding hydrogens is 650 g/mol. The van der Waals surface area contributed by atoms with Crippen LogP contribution in [0.1, 0.15) is 24.6 Å². The van der Waals surface area contributed by atoms with Gasteiger partial charge in [-0.25, -0.2) is 26.6 Å². The number of carbonyl (C=O) groups is 1. The number of sulfone groups is 1. The van der Waals surface area contributed by atoms with Crippen molar-refractivity contribution in [3.8, 4) is 10.7 Å². The van der Waals surface area contributed by atoms with Crippen LogP contribution in [0.15, 0.2) is 52.2 Å². The van der Waals surface area contributed by atoms with Crippen molar-refractivity contribution in [1.82, 2.24) is 15.3 Å². The molecule has 5 rings (SSSR count). The maximum absolute atomic E-state index is 13.6. The van der Waals surface area contributed by atoms with Crippen LogP contribution in [0.5, 0.6) is 0 Å². The first-order chi connectivity index (χ1) is 20.0. The highest BCUT2D eigenvalue weighted by atomic mass is 32.2. The van der Waals surface area contributed by atoms with E-state index in [1.54, 1.807) is 28.0 Å². The number of hydrogen-bond acceptors (Lipinski definition) is 9. The fraction of sp³-hybridized carbons (Fsp3) is 0.385. The number of benzene rings is 1. The normalized spacial score (nSPS) is 14.7. The van der Waals surface area contributed by atoms with Crippen molar-refractivity contribution in [3.63, 3.8) is 0 Å². The molecule has 0 aliphatic heterocycles. The molecule has 0 saturated heterocycles. The number of carboxylic acids is 1. The molecule has 0 radical (unpaired) electrons. The Morgan fingerprint density at radius 2 is 1.91 bits per heavy atom. The molecule has 17 heteroatoms. The number of rotatable bonds is 11. The molecule has 1 aromatic carbocycles. The van der Waals surface area contributed by atoms with Gasteiger partial charge < -0.3 is 15.4 Å². The van der Waals surface area contributed by atoms with Crippen molar-refractivity contribution in [1.29, 1.82) is 0 Å². The van der Waals surface area contributed by atoms with Crippen LogP contribution < -0.4 is 9.62 Å². The second-order valence-corrected chi connectivity index (χ2v) is 16.5. The van der Waals surface area contributed by atoms with Gasteiger partial charge in [0.1, 0.15) is 19.1 Å². The van der Waals surface area contributed by atoms with E-state index in [0.29, 0.717) is 28.9 Å². The van der Waals surface area contributed by atoms with E-state index in [-0.39, 0.29) is 11.8 Å². The zero-order valence-electron chi connectivity index (χ0n) is 23.0. The molecule has 0 amide bonds. The molecule has 1 aliphatic carbocycles. The molecule has 0 bridgehead atoms. The fourth-order valence-electron chi connectivity index (χ4n) is 4.14. The molecule has 4 aromatic rings. The third-order valence-corrected chi connectivity index (χ3v) is 11.6. The SMILES string of the molecule is CC(CS(C)(=O)=O)NCc1cnc(-c2cc3cccc(N(CC4CC4)S(=O)(=O)c4cccs4)c3[nH]2)s1.O=C(O)C(F)(F)F. The van der Waals surface area contributed by atoms with Gasteiger partial charge in [-0.2, -0.15) is 13.2 Å². The van der Waals surface area contributed by atoms with Crippen LogP contribution in [0, 0.1) is 5.92 Å². The lowest BCUT2D eigenvalue weighted by molar-refractivity contribution is -0.192. The Hall–Kier alpha value is -2.99. The summed E-state index contributed by atoms with van der Waals surface area (Å²) < 4.78 is 83.8. The molecule has 234 valence electrons. The number of anilines is 1. The van der Waals surface area contributed by atoms with Crippen molar-refractivity contribution < 1.29 is 39.9 Å². The van der Waals surface area contributed by atoms with E-state index in [2.05, 4.69) is 15.3 Å². The summed E-state index contributed by atoms with van der Waals surface area (Å²) in [7, 11) is -6.72. The lowest BCUT2D eigenvalue weighted by Crippen LogP contribution is -2.32. The summed E-state index contributed by atoms with van der Waals surface area (Å²) >= 11 is 2.75. The van der Waals surface area contributed by atoms with Gasteiger partial charge in [0.2, 0.25) is 0 Å². The molecule has 1 atom stereocenters. The van der Waals surface area contributed by atoms with E-state index >= 15 is 0 Å². The van der Waals surface area contributed by atoms with Gasteiger partial charge in [-0.1, -0.05) is 18.2 Å². The molecule has 43 heavy (non-hydrogen) atoms. The first kappa shape index (κ1) is 32.9. The number of sulfonamides is 1. The molecule has 0 spiro atoms. The van der Waals surface area contributed by atoms with Crippen molar-refractivity contribution >= 4 is 65.1 Å². The van der Waals surface area contributed by atoms with Crippen LogP contribution in [0.4, 0.5) is 18.9 Å². The summed E-state index contributed by atoms with van der Waals surface area (Å²) in [5.74, 6) is -2.30. The maximum atomic E-state index is 13.6. The van der Waals surface area contributed by atoms with Crippen LogP contribution >= 0.6 is 22.7 Å². The highest BCUT2D eigenvalue weighted by Gasteiger charge is 2.38. The van der Waals surface area contributed by atoms with Crippen molar-refractivity contribution in [3.05, 3.63) is 52.9 Å². The summed E-state index contributed by atoms with van der Waals surface area (Å²) in [4.78, 5) is 17.9. The Bertz CT molecular complexity index is 1780. The fourth-order valence-corrected chi connectivity index (χ4v) is 8.66. The smallest absolute Gasteiger partial charge is 0.475 e. The third-order valence-electron chi connectivity index (χ3n) is 6.27. The quantitative estimate of drug-likeness (QED) is 0.198. The number of para-hydroxylation sites is 1. The van der Waals surface area contributed by atoms with Crippen LogP contribution in [0.2, 0.25) is 0 Å². The van der Waals surface area contributed by atoms with Crippen LogP contribution in [-0.4, -0.2) is 68.7 Å². The topological polar surface area (TPSA) is 150 Å². The average molecular weight is 679 g/mol. The number of nitrogens with zero attached hydrogens (tertiary/aromatic N) is 2. The Kier molecular flexibility index (Phi) is 9.90. The first-order valence-corrected chi connectivity index (χ1v) is 18.1. The molecule has 1 saturated carbocycles. The molecule has 10 nitrogen and oxygen atoms in total. The molecule has 1 aliphatic rings. The van der Waals surface area contributed by atoms with Crippen LogP contribution in [-0.2, 0) is 31.2 Å². The lowest BCUT2D eigenvalue weighted by atomic mass is 10.2. The third kappa shape index (κ3) is 8.78. The predicted octanol–water partition coefficient (Wildman–Crippen LogP) is 5.11. The summed E-state index contributed by atoms with van der Waals surface area (Å²) in [5, 5.41) is 13.9. The van der Waals surface area contributed by atoms with Crippen LogP contribution in [0.25, 0.3) is 21.6 Å². The number of hydrogen-bond donors (Lipinski definition) is 3. The van der Waals surface area contributed by atoms with Crippen LogP contribution in [0.3, 0.4) is 0 Å². The first-order valence-electron chi connectivity index (χ1n) is 12.9. The van der Waals surface area contributed by atoms with E-state index in [9.17, 15) is 30.0 Å². The van der Waals surface area contributed by atoms with E-state index in [0.717, 1.165) is 39.3 Å². The second-order valence-electron chi connectivity index (χ2n) is 10.1. The monoisotopic (exact) mass is 678 g/mol. The molecule has 1 fully saturated rings. The summed E-state index contributed by atoms with van der Waals surface area (Å²) in [5.41, 5.74) is 2.23. The zero-order valence-corrected chi connectivity index (χ0v) is 26.2. The number of aromatic amines is 1. The molecule has 3 N–H and O–H groups in total. The largest absolute Gasteiger partial charge is 0.490 e. The van der Waals surface area contributed by atoms with Gasteiger partial charge in [0.25, 0.3) is 10.0 Å². The number of nitrogens with one attached hydrogen (secondary N) is 2. The Morgan fingerprint density at radius 3 is 2.49 bits per heavy atom. The van der Waals surface area contributed by atoms with E-state index in [1.165, 1.54) is 28.9 Å². The summed E-state index contributed by atoms with van der Waals surface area (Å²) in [6.07, 6.45) is 0.0210. The number of thiazole rings is 1. The van der Waals surface area contributed by atoms with E-state index in [1.807, 2.05) is 31.2 Å². The molecule has 3 heterocycles. The number of fused-ring (bicyclic) bond motifs is 1. The minimum atomic E-state index is -5.08. The average Bonchev–Trinajstić information content (AvgIpc) is 3.31. The summed E-state index contributed by atoms with van der Waals surface area (Å²) in [6, 6.07) is 11.0. The zero-order chi connectivity index (χ0) is 31.6. The minimum absolute atomic E-state index is 0.0786. The Balaban J connectivity index is 0.000000541. The van der Waals surface area contributed by atoms with E-state index in [4.69, 9.17) is 9.90 Å². The number of alkyl halides is 3. The number of aromatic nitrogens is 2. The van der Waals surface area contributed by atoms with Crippen molar-refractivity contribution in [2.75, 3.05) is 22.9 Å². The lowest BCUT2D eigenvalue weighted by Gasteiger charge is -2.24. The number of aliphatic carboxylic acids is 1. The molecule has 1 unspecified atom stereocenters. The molecule has 3 aromatic heterocycles. The Labute approximate surface area is 254 Å². The van der Waals surface area contributed by atoms with Gasteiger partial charge in [0.15, 0.2) is 0 Å². The second kappa shape index (κ2) is 12.9. The van der Waals surface area contributed by atoms with Gasteiger partial charge in [-0.05, 0) is 49.3 Å². The highest BCUT2D eigenvalue weighted by Crippen LogP contribution is 2.39. The molecular formula is C26H29F3N4O6S4. The van der Waals surface area contributed by atoms with Gasteiger partial charge in [0, 0.05) is 41.8 Å². The highest BCUT2D eigenvalue weighted by molar-refractivity contribution is 7.94. The van der Waals surface area contributed by atoms with Crippen molar-refractivity contribution in [2.45, 2.75) is 42.7 Å². The number of halogens is 3. The van der Waals surface area contributed by atoms with E-state index < -0.39 is 32.0 Å². The Morgan fingerprint density at radius 1 is 1.21 bits per heavy atom. The standard InChI is InChI=1S/C24H28N4O4S4.C2HF3O2/c1-16(15-35(2,29)30)25-12-19-13-26-24(34-19)20-11-18-5-3-6-21(23(18)27-20)28(14-17-8-9-17)36(31,32)22-7-4-10-33-22;3-2(4,5)1(6)7/h3-7,10-11,13,16-17,25,27H,8-9,12,14-15H2,1-2H3;(H,6,7). The van der Waals surface area contributed by atoms with Gasteiger partial charge in [0.05, 0.1) is 22.7 Å². The van der Waals surface area contributed by atoms with Crippen molar-refractivity contribution in [2.24, 2.45) is 5.92 Å². The number of carboxylic acid groups (broad SMARTS) is 1. The number of thiophene rings is 1. The van der Waals surface area contributed by atoms with Gasteiger partial charge in [-0.3, -0.25) is 4.31 Å². The predicted molar refractivity (Wildman–Crippen MR) is 161 cm³/mol. The minimum Gasteiger partial charge on any atom is -0.475 e. The van der Waals surface area contributed by atoms with Gasteiger partial charge >= 0.3 is 12.1 Å². The number of H-pyrrole nitrogens is 1. The summed E-state index contributed by atoms with van der Waals surface area (Å²) in [6.45, 7) is 2.83. The van der Waals surface area contributed by atoms with Gasteiger partial charge in [-0.15, -0.1) is 22.7 Å². The maximum Gasteiger partial charge on any atom is 0.490 e.